The summed E-state index contributed by atoms with van der Waals surface area (Å²) in [6.45, 7) is 4.47. The van der Waals surface area contributed by atoms with Crippen LogP contribution in [0.5, 0.6) is 11.5 Å². The lowest BCUT2D eigenvalue weighted by atomic mass is 9.94. The van der Waals surface area contributed by atoms with Crippen molar-refractivity contribution in [1.29, 1.82) is 0 Å². The van der Waals surface area contributed by atoms with Crippen molar-refractivity contribution in [2.75, 3.05) is 10.6 Å². The number of pyridine rings is 2. The smallest absolute Gasteiger partial charge is 0.225 e. The number of anilines is 2. The molecule has 0 aliphatic carbocycles. The van der Waals surface area contributed by atoms with E-state index in [1.807, 2.05) is 111 Å². The SMILES string of the molecule is CCCC(=O)Nc1n[nH]c2cc(-c3ccc(O)cc3)c(-c3cccnc3)cc12.CCCC(=O)Nc1n[nH]c2cc(-c3ccc(OCc4ccccc4)cc3)c(-c3cccnc3)cc12. The van der Waals surface area contributed by atoms with Crippen LogP contribution in [-0.2, 0) is 16.2 Å². The van der Waals surface area contributed by atoms with Gasteiger partial charge >= 0.3 is 0 Å². The second kappa shape index (κ2) is 19.5. The first-order valence-electron chi connectivity index (χ1n) is 20.9. The minimum atomic E-state index is -0.0542. The molecule has 0 radical (unpaired) electrons. The summed E-state index contributed by atoms with van der Waals surface area (Å²) in [7, 11) is 0. The summed E-state index contributed by atoms with van der Waals surface area (Å²) in [5.74, 6) is 2.00. The number of fused-ring (bicyclic) bond motifs is 2. The maximum Gasteiger partial charge on any atom is 0.225 e. The number of aromatic hydroxyl groups is 1. The zero-order valence-corrected chi connectivity index (χ0v) is 34.9. The fraction of sp³-hybridized carbons (Fsp3) is 0.137. The largest absolute Gasteiger partial charge is 0.508 e. The van der Waals surface area contributed by atoms with Crippen LogP contribution in [0.3, 0.4) is 0 Å². The fourth-order valence-electron chi connectivity index (χ4n) is 7.27. The van der Waals surface area contributed by atoms with Crippen LogP contribution in [0, 0.1) is 0 Å². The minimum Gasteiger partial charge on any atom is -0.508 e. The number of aromatic amines is 2. The second-order valence-corrected chi connectivity index (χ2v) is 15.0. The molecule has 5 aromatic carbocycles. The maximum atomic E-state index is 12.2. The van der Waals surface area contributed by atoms with Gasteiger partial charge in [0.2, 0.25) is 11.8 Å². The molecular formula is C51H46N8O4. The summed E-state index contributed by atoms with van der Waals surface area (Å²) in [4.78, 5) is 32.8. The Kier molecular flexibility index (Phi) is 12.9. The Hall–Kier alpha value is -8.12. The zero-order valence-electron chi connectivity index (χ0n) is 34.9. The summed E-state index contributed by atoms with van der Waals surface area (Å²) in [6, 6.07) is 41.2. The van der Waals surface area contributed by atoms with E-state index >= 15 is 0 Å². The van der Waals surface area contributed by atoms with Crippen molar-refractivity contribution in [3.63, 3.8) is 0 Å². The van der Waals surface area contributed by atoms with E-state index in [-0.39, 0.29) is 17.6 Å². The molecule has 0 saturated heterocycles. The van der Waals surface area contributed by atoms with Gasteiger partial charge < -0.3 is 20.5 Å². The summed E-state index contributed by atoms with van der Waals surface area (Å²) >= 11 is 0. The van der Waals surface area contributed by atoms with Gasteiger partial charge in [-0.3, -0.25) is 29.8 Å². The van der Waals surface area contributed by atoms with Crippen LogP contribution in [-0.4, -0.2) is 47.3 Å². The topological polar surface area (TPSA) is 171 Å². The monoisotopic (exact) mass is 834 g/mol. The number of amides is 2. The van der Waals surface area contributed by atoms with Gasteiger partial charge in [0.15, 0.2) is 11.6 Å². The number of hydrogen-bond donors (Lipinski definition) is 5. The molecule has 0 fully saturated rings. The normalized spacial score (nSPS) is 10.9. The van der Waals surface area contributed by atoms with Gasteiger partial charge in [-0.15, -0.1) is 0 Å². The molecule has 4 aromatic heterocycles. The first kappa shape index (κ1) is 41.6. The molecule has 314 valence electrons. The number of phenols is 1. The number of nitrogens with one attached hydrogen (secondary N) is 4. The van der Waals surface area contributed by atoms with Crippen LogP contribution in [0.2, 0.25) is 0 Å². The first-order valence-corrected chi connectivity index (χ1v) is 20.9. The molecule has 0 bridgehead atoms. The van der Waals surface area contributed by atoms with Crippen molar-refractivity contribution >= 4 is 45.3 Å². The van der Waals surface area contributed by atoms with Gasteiger partial charge in [-0.05, 0) is 112 Å². The Bertz CT molecular complexity index is 2950. The number of nitrogens with zero attached hydrogens (tertiary/aromatic N) is 4. The average molecular weight is 835 g/mol. The molecule has 0 saturated carbocycles. The lowest BCUT2D eigenvalue weighted by Gasteiger charge is -2.12. The van der Waals surface area contributed by atoms with Gasteiger partial charge in [0.05, 0.1) is 11.0 Å². The number of carbonyl (C=O) groups is 2. The van der Waals surface area contributed by atoms with Crippen molar-refractivity contribution in [2.24, 2.45) is 0 Å². The van der Waals surface area contributed by atoms with E-state index < -0.39 is 0 Å². The van der Waals surface area contributed by atoms with Gasteiger partial charge in [-0.1, -0.05) is 80.6 Å². The van der Waals surface area contributed by atoms with Crippen LogP contribution in [0.25, 0.3) is 66.3 Å². The van der Waals surface area contributed by atoms with E-state index in [1.165, 1.54) is 0 Å². The predicted octanol–water partition coefficient (Wildman–Crippen LogP) is 11.3. The number of benzene rings is 5. The summed E-state index contributed by atoms with van der Waals surface area (Å²) < 4.78 is 5.96. The van der Waals surface area contributed by atoms with E-state index in [0.717, 1.165) is 90.5 Å². The van der Waals surface area contributed by atoms with E-state index in [2.05, 4.69) is 65.3 Å². The predicted molar refractivity (Wildman–Crippen MR) is 249 cm³/mol. The number of carbonyl (C=O) groups excluding carboxylic acids is 2. The Morgan fingerprint density at radius 1 is 0.571 bits per heavy atom. The van der Waals surface area contributed by atoms with Crippen LogP contribution in [0.1, 0.15) is 45.1 Å². The Labute approximate surface area is 364 Å². The average Bonchev–Trinajstić information content (AvgIpc) is 3.91. The number of ether oxygens (including phenoxy) is 1. The van der Waals surface area contributed by atoms with E-state index in [4.69, 9.17) is 4.74 Å². The molecule has 63 heavy (non-hydrogen) atoms. The fourth-order valence-corrected chi connectivity index (χ4v) is 7.27. The molecule has 5 N–H and O–H groups in total. The Morgan fingerprint density at radius 2 is 1.05 bits per heavy atom. The molecular weight excluding hydrogens is 789 g/mol. The molecule has 0 unspecified atom stereocenters. The van der Waals surface area contributed by atoms with Crippen molar-refractivity contribution in [3.05, 3.63) is 158 Å². The maximum absolute atomic E-state index is 12.2. The standard InChI is InChI=1S/C29H26N4O2.C22H20N4O2/c1-2-7-28(34)31-29-26-16-24(22-10-6-15-30-18-22)25(17-27(26)32-33-29)21-11-13-23(14-12-21)35-19-20-8-4-3-5-9-20;1-2-4-21(28)24-22-19-11-17(15-5-3-10-23-13-15)18(12-20(19)25-26-22)14-6-8-16(27)9-7-14/h3-6,8-18H,2,7,19H2,1H3,(H2,31,32,33,34);3,5-13,27H,2,4H2,1H3,(H2,24,25,26,28). The molecule has 0 aliphatic heterocycles. The molecule has 4 heterocycles. The third kappa shape index (κ3) is 9.92. The third-order valence-electron chi connectivity index (χ3n) is 10.4. The molecule has 0 aliphatic rings. The summed E-state index contributed by atoms with van der Waals surface area (Å²) in [5, 5.41) is 31.9. The molecule has 0 atom stereocenters. The number of aromatic nitrogens is 6. The zero-order chi connectivity index (χ0) is 43.5. The van der Waals surface area contributed by atoms with Crippen LogP contribution < -0.4 is 15.4 Å². The highest BCUT2D eigenvalue weighted by Crippen LogP contribution is 2.39. The summed E-state index contributed by atoms with van der Waals surface area (Å²) in [6.07, 6.45) is 9.61. The van der Waals surface area contributed by atoms with E-state index in [9.17, 15) is 14.7 Å². The quantitative estimate of drug-likeness (QED) is 0.0764. The highest BCUT2D eigenvalue weighted by molar-refractivity contribution is 6.05. The molecule has 9 aromatic rings. The van der Waals surface area contributed by atoms with Crippen molar-refractivity contribution in [2.45, 2.75) is 46.1 Å². The molecule has 12 nitrogen and oxygen atoms in total. The van der Waals surface area contributed by atoms with Gasteiger partial charge in [0, 0.05) is 59.5 Å². The van der Waals surface area contributed by atoms with E-state index in [1.54, 1.807) is 30.7 Å². The molecule has 2 amide bonds. The van der Waals surface area contributed by atoms with Gasteiger partial charge in [0.1, 0.15) is 18.1 Å². The molecule has 0 spiro atoms. The summed E-state index contributed by atoms with van der Waals surface area (Å²) in [5.41, 5.74) is 10.8. The lowest BCUT2D eigenvalue weighted by molar-refractivity contribution is -0.117. The highest BCUT2D eigenvalue weighted by atomic mass is 16.5. The van der Waals surface area contributed by atoms with Crippen molar-refractivity contribution in [3.8, 4) is 56.0 Å². The minimum absolute atomic E-state index is 0.0426. The first-order chi connectivity index (χ1) is 30.9. The Balaban J connectivity index is 0.000000177. The van der Waals surface area contributed by atoms with Gasteiger partial charge in [0.25, 0.3) is 0 Å². The van der Waals surface area contributed by atoms with Crippen LogP contribution in [0.4, 0.5) is 11.6 Å². The van der Waals surface area contributed by atoms with Gasteiger partial charge in [-0.25, -0.2) is 0 Å². The third-order valence-corrected chi connectivity index (χ3v) is 10.4. The highest BCUT2D eigenvalue weighted by Gasteiger charge is 2.17. The lowest BCUT2D eigenvalue weighted by Crippen LogP contribution is -2.11. The number of hydrogen-bond acceptors (Lipinski definition) is 8. The number of H-pyrrole nitrogens is 2. The second-order valence-electron chi connectivity index (χ2n) is 15.0. The molecule has 9 rings (SSSR count). The van der Waals surface area contributed by atoms with Crippen LogP contribution in [0.15, 0.2) is 152 Å². The molecule has 12 heteroatoms. The van der Waals surface area contributed by atoms with Gasteiger partial charge in [-0.2, -0.15) is 10.2 Å². The number of rotatable bonds is 13. The van der Waals surface area contributed by atoms with Crippen molar-refractivity contribution < 1.29 is 19.4 Å². The number of phenolic OH excluding ortho intramolecular Hbond substituents is 1. The van der Waals surface area contributed by atoms with Crippen LogP contribution >= 0.6 is 0 Å². The van der Waals surface area contributed by atoms with Crippen molar-refractivity contribution in [1.82, 2.24) is 30.4 Å². The Morgan fingerprint density at radius 3 is 1.51 bits per heavy atom. The van der Waals surface area contributed by atoms with E-state index in [0.29, 0.717) is 31.1 Å².